The Balaban J connectivity index is 2.00. The summed E-state index contributed by atoms with van der Waals surface area (Å²) in [7, 11) is 0. The van der Waals surface area contributed by atoms with Crippen molar-refractivity contribution in [3.63, 3.8) is 0 Å². The molecule has 0 aromatic heterocycles. The molecule has 1 saturated carbocycles. The van der Waals surface area contributed by atoms with Gasteiger partial charge in [-0.05, 0) is 30.7 Å². The molecule has 1 aromatic rings. The number of hydrogen-bond acceptors (Lipinski definition) is 2. The van der Waals surface area contributed by atoms with Gasteiger partial charge in [-0.1, -0.05) is 0 Å². The van der Waals surface area contributed by atoms with E-state index in [1.54, 1.807) is 0 Å². The molecule has 0 atom stereocenters. The first-order chi connectivity index (χ1) is 8.02. The maximum atomic E-state index is 13.4. The highest BCUT2D eigenvalue weighted by atomic mass is 19.1. The number of hydrogen-bond donors (Lipinski definition) is 1. The topological polar surface area (TPSA) is 29.5 Å². The van der Waals surface area contributed by atoms with Gasteiger partial charge in [0, 0.05) is 25.9 Å². The summed E-state index contributed by atoms with van der Waals surface area (Å²) in [6, 6.07) is 3.31. The first-order valence-corrected chi connectivity index (χ1v) is 5.80. The fraction of sp³-hybridized carbons (Fsp3) is 0.538. The molecular weight excluding hydrogens is 226 g/mol. The summed E-state index contributed by atoms with van der Waals surface area (Å²) in [5.41, 5.74) is -0.725. The van der Waals surface area contributed by atoms with Crippen molar-refractivity contribution in [3.8, 4) is 0 Å². The zero-order chi connectivity index (χ0) is 12.5. The van der Waals surface area contributed by atoms with Gasteiger partial charge >= 0.3 is 0 Å². The molecule has 0 amide bonds. The Kier molecular flexibility index (Phi) is 3.45. The van der Waals surface area contributed by atoms with Gasteiger partial charge in [-0.15, -0.1) is 0 Å². The van der Waals surface area contributed by atoms with Gasteiger partial charge < -0.3 is 9.84 Å². The molecule has 0 unspecified atom stereocenters. The Bertz CT molecular complexity index is 400. The second-order valence-electron chi connectivity index (χ2n) is 4.62. The van der Waals surface area contributed by atoms with Gasteiger partial charge in [0.25, 0.3) is 0 Å². The predicted octanol–water partition coefficient (Wildman–Crippen LogP) is 2.44. The third-order valence-electron chi connectivity index (χ3n) is 3.14. The van der Waals surface area contributed by atoms with Crippen LogP contribution in [0.25, 0.3) is 0 Å². The van der Waals surface area contributed by atoms with Gasteiger partial charge in [0.05, 0.1) is 11.7 Å². The van der Waals surface area contributed by atoms with E-state index >= 15 is 0 Å². The van der Waals surface area contributed by atoms with Crippen LogP contribution in [0.4, 0.5) is 8.78 Å². The number of rotatable bonds is 4. The minimum Gasteiger partial charge on any atom is -0.389 e. The average molecular weight is 242 g/mol. The molecule has 0 heterocycles. The molecule has 17 heavy (non-hydrogen) atoms. The van der Waals surface area contributed by atoms with Gasteiger partial charge in [0.1, 0.15) is 11.6 Å². The number of benzene rings is 1. The van der Waals surface area contributed by atoms with Crippen LogP contribution in [0.15, 0.2) is 18.2 Å². The van der Waals surface area contributed by atoms with Gasteiger partial charge in [-0.25, -0.2) is 8.78 Å². The van der Waals surface area contributed by atoms with Crippen molar-refractivity contribution < 1.29 is 18.6 Å². The van der Waals surface area contributed by atoms with Crippen LogP contribution in [0.1, 0.15) is 25.3 Å². The molecule has 0 spiro atoms. The fourth-order valence-corrected chi connectivity index (χ4v) is 2.32. The minimum atomic E-state index is -0.950. The molecule has 94 valence electrons. The lowest BCUT2D eigenvalue weighted by Crippen LogP contribution is -2.50. The molecule has 1 aliphatic carbocycles. The van der Waals surface area contributed by atoms with Crippen LogP contribution < -0.4 is 0 Å². The summed E-state index contributed by atoms with van der Waals surface area (Å²) in [5, 5.41) is 10.1. The third kappa shape index (κ3) is 2.82. The molecule has 4 heteroatoms. The molecule has 0 aliphatic heterocycles. The summed E-state index contributed by atoms with van der Waals surface area (Å²) in [6.07, 6.45) is 1.15. The van der Waals surface area contributed by atoms with Crippen molar-refractivity contribution in [3.05, 3.63) is 35.4 Å². The van der Waals surface area contributed by atoms with E-state index in [1.165, 1.54) is 0 Å². The second-order valence-corrected chi connectivity index (χ2v) is 4.62. The molecular formula is C13H16F2O2. The van der Waals surface area contributed by atoms with Crippen LogP contribution in [0.3, 0.4) is 0 Å². The Morgan fingerprint density at radius 2 is 2.12 bits per heavy atom. The summed E-state index contributed by atoms with van der Waals surface area (Å²) in [4.78, 5) is 0. The van der Waals surface area contributed by atoms with Crippen LogP contribution in [-0.2, 0) is 11.2 Å². The molecule has 0 saturated heterocycles. The lowest BCUT2D eigenvalue weighted by atomic mass is 9.73. The number of ether oxygens (including phenoxy) is 1. The van der Waals surface area contributed by atoms with Gasteiger partial charge in [0.15, 0.2) is 0 Å². The molecule has 0 radical (unpaired) electrons. The second kappa shape index (κ2) is 4.70. The van der Waals surface area contributed by atoms with Crippen molar-refractivity contribution in [2.75, 3.05) is 6.61 Å². The monoisotopic (exact) mass is 242 g/mol. The number of aliphatic hydroxyl groups is 1. The zero-order valence-corrected chi connectivity index (χ0v) is 9.75. The van der Waals surface area contributed by atoms with Crippen LogP contribution in [0.2, 0.25) is 0 Å². The lowest BCUT2D eigenvalue weighted by molar-refractivity contribution is -0.136. The predicted molar refractivity (Wildman–Crippen MR) is 59.7 cm³/mol. The third-order valence-corrected chi connectivity index (χ3v) is 3.14. The Morgan fingerprint density at radius 1 is 1.41 bits per heavy atom. The minimum absolute atomic E-state index is 0.0432. The molecule has 1 aliphatic rings. The van der Waals surface area contributed by atoms with Crippen LogP contribution in [0, 0.1) is 11.6 Å². The van der Waals surface area contributed by atoms with E-state index in [0.29, 0.717) is 19.4 Å². The summed E-state index contributed by atoms with van der Waals surface area (Å²) < 4.78 is 31.7. The van der Waals surface area contributed by atoms with Crippen LogP contribution in [0.5, 0.6) is 0 Å². The molecule has 2 rings (SSSR count). The molecule has 1 aromatic carbocycles. The molecule has 1 fully saturated rings. The lowest BCUT2D eigenvalue weighted by Gasteiger charge is -2.43. The SMILES string of the molecule is CCOC1CC(O)(Cc2cc(F)ccc2F)C1. The Labute approximate surface area is 99.2 Å². The Hall–Kier alpha value is -1.00. The van der Waals surface area contributed by atoms with Crippen molar-refractivity contribution in [1.82, 2.24) is 0 Å². The van der Waals surface area contributed by atoms with Crippen LogP contribution >= 0.6 is 0 Å². The van der Waals surface area contributed by atoms with Gasteiger partial charge in [0.2, 0.25) is 0 Å². The highest BCUT2D eigenvalue weighted by molar-refractivity contribution is 5.22. The zero-order valence-electron chi connectivity index (χ0n) is 9.75. The summed E-state index contributed by atoms with van der Waals surface area (Å²) in [5.74, 6) is -0.953. The fourth-order valence-electron chi connectivity index (χ4n) is 2.32. The van der Waals surface area contributed by atoms with Crippen molar-refractivity contribution in [2.45, 2.75) is 37.9 Å². The van der Waals surface area contributed by atoms with E-state index in [4.69, 9.17) is 4.74 Å². The van der Waals surface area contributed by atoms with Crippen LogP contribution in [-0.4, -0.2) is 23.4 Å². The van der Waals surface area contributed by atoms with Crippen molar-refractivity contribution in [2.24, 2.45) is 0 Å². The number of halogens is 2. The van der Waals surface area contributed by atoms with Crippen molar-refractivity contribution >= 4 is 0 Å². The molecule has 2 nitrogen and oxygen atoms in total. The standard InChI is InChI=1S/C13H16F2O2/c1-2-17-11-7-13(16,8-11)6-9-5-10(14)3-4-12(9)15/h3-5,11,16H,2,6-8H2,1H3. The van der Waals surface area contributed by atoms with E-state index in [0.717, 1.165) is 18.2 Å². The average Bonchev–Trinajstić information content (AvgIpc) is 2.22. The van der Waals surface area contributed by atoms with E-state index in [9.17, 15) is 13.9 Å². The maximum Gasteiger partial charge on any atom is 0.126 e. The normalized spacial score (nSPS) is 27.9. The summed E-state index contributed by atoms with van der Waals surface area (Å²) in [6.45, 7) is 2.50. The van der Waals surface area contributed by atoms with Crippen molar-refractivity contribution in [1.29, 1.82) is 0 Å². The van der Waals surface area contributed by atoms with Gasteiger partial charge in [-0.3, -0.25) is 0 Å². The van der Waals surface area contributed by atoms with E-state index in [-0.39, 0.29) is 18.1 Å². The maximum absolute atomic E-state index is 13.4. The first-order valence-electron chi connectivity index (χ1n) is 5.80. The van der Waals surface area contributed by atoms with E-state index in [2.05, 4.69) is 0 Å². The van der Waals surface area contributed by atoms with E-state index in [1.807, 2.05) is 6.92 Å². The van der Waals surface area contributed by atoms with Gasteiger partial charge in [-0.2, -0.15) is 0 Å². The smallest absolute Gasteiger partial charge is 0.126 e. The first kappa shape index (κ1) is 12.5. The highest BCUT2D eigenvalue weighted by Gasteiger charge is 2.43. The van der Waals surface area contributed by atoms with E-state index < -0.39 is 17.2 Å². The highest BCUT2D eigenvalue weighted by Crippen LogP contribution is 2.37. The largest absolute Gasteiger partial charge is 0.389 e. The Morgan fingerprint density at radius 3 is 2.76 bits per heavy atom. The quantitative estimate of drug-likeness (QED) is 0.878. The summed E-state index contributed by atoms with van der Waals surface area (Å²) >= 11 is 0. The molecule has 0 bridgehead atoms. The molecule has 1 N–H and O–H groups in total.